The second-order valence-electron chi connectivity index (χ2n) is 2.84. The lowest BCUT2D eigenvalue weighted by atomic mass is 10.2. The molecule has 2 rings (SSSR count). The largest absolute Gasteiger partial charge is 0.462 e. The van der Waals surface area contributed by atoms with Crippen molar-refractivity contribution < 1.29 is 9.53 Å². The number of ether oxygens (including phenoxy) is 1. The molecule has 0 atom stereocenters. The first kappa shape index (κ1) is 10.4. The Bertz CT molecular complexity index is 509. The Labute approximate surface area is 95.6 Å². The molecule has 0 aliphatic heterocycles. The van der Waals surface area contributed by atoms with Gasteiger partial charge in [-0.05, 0) is 19.1 Å². The number of thiazole rings is 1. The third-order valence-electron chi connectivity index (χ3n) is 1.88. The topological polar surface area (TPSA) is 39.2 Å². The molecule has 0 unspecified atom stereocenters. The molecule has 0 bridgehead atoms. The second-order valence-corrected chi connectivity index (χ2v) is 4.42. The van der Waals surface area contributed by atoms with Crippen LogP contribution in [0.15, 0.2) is 18.2 Å². The van der Waals surface area contributed by atoms with Crippen LogP contribution in [0.3, 0.4) is 0 Å². The molecule has 5 heteroatoms. The summed E-state index contributed by atoms with van der Waals surface area (Å²) in [6, 6.07) is 5.31. The lowest BCUT2D eigenvalue weighted by Gasteiger charge is -2.01. The van der Waals surface area contributed by atoms with Crippen molar-refractivity contribution >= 4 is 39.1 Å². The molecular weight excluding hydrogens is 234 g/mol. The molecule has 0 aliphatic rings. The van der Waals surface area contributed by atoms with Gasteiger partial charge >= 0.3 is 5.97 Å². The Morgan fingerprint density at radius 2 is 2.40 bits per heavy atom. The highest BCUT2D eigenvalue weighted by atomic mass is 35.5. The Morgan fingerprint density at radius 3 is 3.13 bits per heavy atom. The van der Waals surface area contributed by atoms with Crippen LogP contribution in [0.25, 0.3) is 10.2 Å². The van der Waals surface area contributed by atoms with E-state index in [0.717, 1.165) is 10.2 Å². The molecule has 1 aromatic carbocycles. The Morgan fingerprint density at radius 1 is 1.60 bits per heavy atom. The summed E-state index contributed by atoms with van der Waals surface area (Å²) in [7, 11) is 0. The van der Waals surface area contributed by atoms with Crippen molar-refractivity contribution in [1.82, 2.24) is 4.98 Å². The van der Waals surface area contributed by atoms with Gasteiger partial charge in [0.05, 0.1) is 22.4 Å². The van der Waals surface area contributed by atoms with Gasteiger partial charge in [-0.25, -0.2) is 9.78 Å². The molecule has 2 aromatic rings. The van der Waals surface area contributed by atoms with Gasteiger partial charge in [0.2, 0.25) is 0 Å². The van der Waals surface area contributed by atoms with Crippen molar-refractivity contribution in [3.8, 4) is 0 Å². The zero-order valence-electron chi connectivity index (χ0n) is 7.99. The van der Waals surface area contributed by atoms with Gasteiger partial charge in [0.15, 0.2) is 4.47 Å². The highest BCUT2D eigenvalue weighted by Crippen LogP contribution is 2.28. The predicted octanol–water partition coefficient (Wildman–Crippen LogP) is 3.13. The summed E-state index contributed by atoms with van der Waals surface area (Å²) in [6.07, 6.45) is 0. The average molecular weight is 242 g/mol. The van der Waals surface area contributed by atoms with E-state index in [-0.39, 0.29) is 5.97 Å². The van der Waals surface area contributed by atoms with E-state index in [2.05, 4.69) is 4.98 Å². The van der Waals surface area contributed by atoms with Crippen LogP contribution in [0, 0.1) is 0 Å². The maximum Gasteiger partial charge on any atom is 0.339 e. The van der Waals surface area contributed by atoms with Crippen LogP contribution in [-0.4, -0.2) is 17.6 Å². The molecule has 1 aromatic heterocycles. The summed E-state index contributed by atoms with van der Waals surface area (Å²) in [4.78, 5) is 15.7. The average Bonchev–Trinajstić information content (AvgIpc) is 2.57. The third kappa shape index (κ3) is 1.96. The summed E-state index contributed by atoms with van der Waals surface area (Å²) in [5.41, 5.74) is 1.26. The van der Waals surface area contributed by atoms with Gasteiger partial charge < -0.3 is 4.74 Å². The third-order valence-corrected chi connectivity index (χ3v) is 3.09. The fourth-order valence-electron chi connectivity index (χ4n) is 1.29. The van der Waals surface area contributed by atoms with Crippen LogP contribution in [-0.2, 0) is 4.74 Å². The second kappa shape index (κ2) is 4.16. The van der Waals surface area contributed by atoms with Gasteiger partial charge in [-0.3, -0.25) is 0 Å². The minimum Gasteiger partial charge on any atom is -0.462 e. The molecule has 0 spiro atoms. The number of rotatable bonds is 2. The lowest BCUT2D eigenvalue weighted by molar-refractivity contribution is 0.0529. The molecule has 0 saturated carbocycles. The number of nitrogens with zero attached hydrogens (tertiary/aromatic N) is 1. The van der Waals surface area contributed by atoms with E-state index in [1.54, 1.807) is 19.1 Å². The van der Waals surface area contributed by atoms with E-state index in [1.165, 1.54) is 11.3 Å². The maximum absolute atomic E-state index is 11.6. The van der Waals surface area contributed by atoms with E-state index in [1.807, 2.05) is 6.07 Å². The minimum absolute atomic E-state index is 0.330. The Kier molecular flexibility index (Phi) is 2.88. The van der Waals surface area contributed by atoms with Gasteiger partial charge in [0.1, 0.15) is 0 Å². The van der Waals surface area contributed by atoms with Gasteiger partial charge in [0.25, 0.3) is 0 Å². The first-order valence-electron chi connectivity index (χ1n) is 4.44. The first-order valence-corrected chi connectivity index (χ1v) is 5.64. The number of halogens is 1. The summed E-state index contributed by atoms with van der Waals surface area (Å²) in [5, 5.41) is 0. The number of hydrogen-bond donors (Lipinski definition) is 0. The van der Waals surface area contributed by atoms with E-state index >= 15 is 0 Å². The minimum atomic E-state index is -0.330. The number of benzene rings is 1. The molecule has 78 valence electrons. The SMILES string of the molecule is CCOC(=O)c1cccc2nc(Cl)sc12. The molecular formula is C10H8ClNO2S. The van der Waals surface area contributed by atoms with Crippen molar-refractivity contribution in [2.45, 2.75) is 6.92 Å². The number of carbonyl (C=O) groups is 1. The lowest BCUT2D eigenvalue weighted by Crippen LogP contribution is -2.04. The van der Waals surface area contributed by atoms with E-state index in [0.29, 0.717) is 16.6 Å². The molecule has 0 N–H and O–H groups in total. The van der Waals surface area contributed by atoms with Crippen molar-refractivity contribution in [1.29, 1.82) is 0 Å². The summed E-state index contributed by atoms with van der Waals surface area (Å²) < 4.78 is 6.15. The van der Waals surface area contributed by atoms with Crippen LogP contribution >= 0.6 is 22.9 Å². The van der Waals surface area contributed by atoms with Gasteiger partial charge in [-0.2, -0.15) is 0 Å². The van der Waals surface area contributed by atoms with Crippen molar-refractivity contribution in [3.63, 3.8) is 0 Å². The van der Waals surface area contributed by atoms with Crippen LogP contribution in [0.5, 0.6) is 0 Å². The van der Waals surface area contributed by atoms with Gasteiger partial charge in [0, 0.05) is 0 Å². The molecule has 0 fully saturated rings. The summed E-state index contributed by atoms with van der Waals surface area (Å²) >= 11 is 7.08. The molecule has 3 nitrogen and oxygen atoms in total. The number of aromatic nitrogens is 1. The molecule has 0 radical (unpaired) electrons. The molecule has 0 aliphatic carbocycles. The Hall–Kier alpha value is -1.13. The van der Waals surface area contributed by atoms with E-state index in [4.69, 9.17) is 16.3 Å². The highest BCUT2D eigenvalue weighted by molar-refractivity contribution is 7.22. The molecule has 15 heavy (non-hydrogen) atoms. The van der Waals surface area contributed by atoms with E-state index < -0.39 is 0 Å². The summed E-state index contributed by atoms with van der Waals surface area (Å²) in [5.74, 6) is -0.330. The number of carbonyl (C=O) groups excluding carboxylic acids is 1. The quantitative estimate of drug-likeness (QED) is 0.759. The normalized spacial score (nSPS) is 10.5. The monoisotopic (exact) mass is 241 g/mol. The van der Waals surface area contributed by atoms with Crippen LogP contribution in [0.4, 0.5) is 0 Å². The van der Waals surface area contributed by atoms with Crippen molar-refractivity contribution in [2.24, 2.45) is 0 Å². The Balaban J connectivity index is 2.55. The van der Waals surface area contributed by atoms with E-state index in [9.17, 15) is 4.79 Å². The van der Waals surface area contributed by atoms with Gasteiger partial charge in [-0.1, -0.05) is 17.7 Å². The fourth-order valence-corrected chi connectivity index (χ4v) is 2.41. The van der Waals surface area contributed by atoms with Crippen LogP contribution in [0.1, 0.15) is 17.3 Å². The van der Waals surface area contributed by atoms with Crippen LogP contribution < -0.4 is 0 Å². The fraction of sp³-hybridized carbons (Fsp3) is 0.200. The number of esters is 1. The molecule has 1 heterocycles. The van der Waals surface area contributed by atoms with Crippen molar-refractivity contribution in [2.75, 3.05) is 6.61 Å². The first-order chi connectivity index (χ1) is 7.22. The molecule has 0 saturated heterocycles. The number of hydrogen-bond acceptors (Lipinski definition) is 4. The zero-order valence-corrected chi connectivity index (χ0v) is 9.56. The smallest absolute Gasteiger partial charge is 0.339 e. The zero-order chi connectivity index (χ0) is 10.8. The number of fused-ring (bicyclic) bond motifs is 1. The van der Waals surface area contributed by atoms with Crippen LogP contribution in [0.2, 0.25) is 4.47 Å². The maximum atomic E-state index is 11.6. The highest BCUT2D eigenvalue weighted by Gasteiger charge is 2.13. The molecule has 0 amide bonds. The standard InChI is InChI=1S/C10H8ClNO2S/c1-2-14-9(13)6-4-3-5-7-8(6)15-10(11)12-7/h3-5H,2H2,1H3. The summed E-state index contributed by atoms with van der Waals surface area (Å²) in [6.45, 7) is 2.14. The predicted molar refractivity (Wildman–Crippen MR) is 60.6 cm³/mol. The van der Waals surface area contributed by atoms with Crippen molar-refractivity contribution in [3.05, 3.63) is 28.2 Å². The van der Waals surface area contributed by atoms with Gasteiger partial charge in [-0.15, -0.1) is 11.3 Å².